The number of hydrogen-bond acceptors (Lipinski definition) is 5. The molecule has 6 heterocycles. The zero-order chi connectivity index (χ0) is 17.8. The molecule has 0 unspecified atom stereocenters. The Kier molecular flexibility index (Phi) is 2.98. The van der Waals surface area contributed by atoms with E-state index >= 15 is 0 Å². The Balaban J connectivity index is 1.46. The number of aromatic nitrogens is 4. The standard InChI is InChI=1S/C21H12N4OS/c1-2-18-16(22-4-1)8-19(26-18)12-7-21-17(25-10-12)9-20(27-21)13-6-15-14(24-11-13)3-5-23-15/h1-11,23H. The average molecular weight is 368 g/mol. The molecule has 0 saturated heterocycles. The number of H-pyrrole nitrogens is 1. The second-order valence-corrected chi connectivity index (χ2v) is 7.43. The molecule has 0 saturated carbocycles. The lowest BCUT2D eigenvalue weighted by atomic mass is 10.2. The number of pyridine rings is 3. The predicted molar refractivity (Wildman–Crippen MR) is 108 cm³/mol. The van der Waals surface area contributed by atoms with Crippen molar-refractivity contribution in [3.63, 3.8) is 0 Å². The van der Waals surface area contributed by atoms with Gasteiger partial charge in [0.25, 0.3) is 0 Å². The van der Waals surface area contributed by atoms with Gasteiger partial charge < -0.3 is 9.40 Å². The summed E-state index contributed by atoms with van der Waals surface area (Å²) >= 11 is 1.70. The Morgan fingerprint density at radius 2 is 1.78 bits per heavy atom. The van der Waals surface area contributed by atoms with Crippen LogP contribution in [0, 0.1) is 0 Å². The van der Waals surface area contributed by atoms with Gasteiger partial charge in [0.1, 0.15) is 11.3 Å². The molecule has 0 aliphatic carbocycles. The van der Waals surface area contributed by atoms with Gasteiger partial charge in [-0.05, 0) is 36.4 Å². The van der Waals surface area contributed by atoms with E-state index in [1.165, 1.54) is 0 Å². The SMILES string of the molecule is c1cnc2cc(-c3cnc4cc(-c5cnc6cc[nH]c6c5)sc4c3)oc2c1. The monoisotopic (exact) mass is 368 g/mol. The van der Waals surface area contributed by atoms with E-state index in [2.05, 4.69) is 38.1 Å². The summed E-state index contributed by atoms with van der Waals surface area (Å²) in [6, 6.07) is 14.1. The van der Waals surface area contributed by atoms with Crippen LogP contribution in [-0.2, 0) is 0 Å². The van der Waals surface area contributed by atoms with Gasteiger partial charge in [-0.3, -0.25) is 15.0 Å². The molecule has 0 fully saturated rings. The van der Waals surface area contributed by atoms with Gasteiger partial charge in [0.15, 0.2) is 5.58 Å². The number of nitrogens with zero attached hydrogens (tertiary/aromatic N) is 3. The van der Waals surface area contributed by atoms with E-state index in [-0.39, 0.29) is 0 Å². The third-order valence-electron chi connectivity index (χ3n) is 4.62. The Morgan fingerprint density at radius 3 is 2.74 bits per heavy atom. The van der Waals surface area contributed by atoms with Crippen LogP contribution in [0.5, 0.6) is 0 Å². The number of rotatable bonds is 2. The minimum Gasteiger partial charge on any atom is -0.454 e. The lowest BCUT2D eigenvalue weighted by Gasteiger charge is -1.96. The minimum atomic E-state index is 0.780. The molecule has 6 rings (SSSR count). The van der Waals surface area contributed by atoms with Crippen LogP contribution < -0.4 is 0 Å². The van der Waals surface area contributed by atoms with Crippen molar-refractivity contribution in [1.82, 2.24) is 19.9 Å². The number of aromatic amines is 1. The molecule has 0 bridgehead atoms. The van der Waals surface area contributed by atoms with Crippen molar-refractivity contribution >= 4 is 43.7 Å². The zero-order valence-electron chi connectivity index (χ0n) is 14.0. The van der Waals surface area contributed by atoms with E-state index in [1.54, 1.807) is 17.5 Å². The highest BCUT2D eigenvalue weighted by Gasteiger charge is 2.11. The average Bonchev–Trinajstić information content (AvgIpc) is 3.42. The van der Waals surface area contributed by atoms with E-state index in [9.17, 15) is 0 Å². The van der Waals surface area contributed by atoms with Crippen LogP contribution >= 0.6 is 11.3 Å². The fourth-order valence-corrected chi connectivity index (χ4v) is 4.31. The number of thiophene rings is 1. The maximum Gasteiger partial charge on any atom is 0.153 e. The fourth-order valence-electron chi connectivity index (χ4n) is 3.28. The first-order valence-corrected chi connectivity index (χ1v) is 9.33. The molecule has 1 N–H and O–H groups in total. The van der Waals surface area contributed by atoms with Crippen LogP contribution in [0.3, 0.4) is 0 Å². The summed E-state index contributed by atoms with van der Waals surface area (Å²) in [7, 11) is 0. The number of fused-ring (bicyclic) bond motifs is 3. The molecule has 5 nitrogen and oxygen atoms in total. The number of nitrogens with one attached hydrogen (secondary N) is 1. The van der Waals surface area contributed by atoms with Crippen molar-refractivity contribution in [3.05, 3.63) is 67.3 Å². The number of furan rings is 1. The molecular weight excluding hydrogens is 356 g/mol. The van der Waals surface area contributed by atoms with Crippen molar-refractivity contribution in [2.75, 3.05) is 0 Å². The number of hydrogen-bond donors (Lipinski definition) is 1. The highest BCUT2D eigenvalue weighted by atomic mass is 32.1. The molecule has 0 atom stereocenters. The summed E-state index contributed by atoms with van der Waals surface area (Å²) in [4.78, 5) is 17.8. The third kappa shape index (κ3) is 2.34. The molecule has 0 amide bonds. The second kappa shape index (κ2) is 5.49. The smallest absolute Gasteiger partial charge is 0.153 e. The molecule has 6 aromatic rings. The fraction of sp³-hybridized carbons (Fsp3) is 0. The van der Waals surface area contributed by atoms with Gasteiger partial charge in [-0.25, -0.2) is 0 Å². The molecule has 0 aliphatic heterocycles. The van der Waals surface area contributed by atoms with Crippen LogP contribution in [0.2, 0.25) is 0 Å². The van der Waals surface area contributed by atoms with E-state index < -0.39 is 0 Å². The summed E-state index contributed by atoms with van der Waals surface area (Å²) in [6.45, 7) is 0. The van der Waals surface area contributed by atoms with E-state index in [4.69, 9.17) is 4.42 Å². The quantitative estimate of drug-likeness (QED) is 0.429. The Hall–Kier alpha value is -3.51. The van der Waals surface area contributed by atoms with E-state index in [0.717, 1.165) is 54.1 Å². The summed E-state index contributed by atoms with van der Waals surface area (Å²) in [5.74, 6) is 0.780. The normalized spacial score (nSPS) is 11.7. The lowest BCUT2D eigenvalue weighted by molar-refractivity contribution is 0.631. The summed E-state index contributed by atoms with van der Waals surface area (Å²) in [5.41, 5.74) is 6.65. The molecule has 128 valence electrons. The van der Waals surface area contributed by atoms with Crippen molar-refractivity contribution in [2.24, 2.45) is 0 Å². The van der Waals surface area contributed by atoms with Gasteiger partial charge >= 0.3 is 0 Å². The van der Waals surface area contributed by atoms with Crippen LogP contribution in [0.25, 0.3) is 54.1 Å². The van der Waals surface area contributed by atoms with Gasteiger partial charge in [-0.1, -0.05) is 0 Å². The Bertz CT molecular complexity index is 1410. The van der Waals surface area contributed by atoms with Crippen molar-refractivity contribution in [2.45, 2.75) is 0 Å². The Morgan fingerprint density at radius 1 is 0.852 bits per heavy atom. The lowest BCUT2D eigenvalue weighted by Crippen LogP contribution is -1.78. The van der Waals surface area contributed by atoms with Crippen molar-refractivity contribution in [3.8, 4) is 21.8 Å². The molecule has 6 heteroatoms. The van der Waals surface area contributed by atoms with E-state index in [0.29, 0.717) is 0 Å². The summed E-state index contributed by atoms with van der Waals surface area (Å²) in [5, 5.41) is 0. The van der Waals surface area contributed by atoms with Crippen LogP contribution in [0.1, 0.15) is 0 Å². The predicted octanol–water partition coefficient (Wildman–Crippen LogP) is 5.65. The van der Waals surface area contributed by atoms with Gasteiger partial charge in [0, 0.05) is 46.9 Å². The largest absolute Gasteiger partial charge is 0.454 e. The topological polar surface area (TPSA) is 67.6 Å². The van der Waals surface area contributed by atoms with Gasteiger partial charge in [-0.15, -0.1) is 11.3 Å². The maximum atomic E-state index is 5.92. The van der Waals surface area contributed by atoms with Crippen molar-refractivity contribution in [1.29, 1.82) is 0 Å². The molecule has 0 radical (unpaired) electrons. The Labute approximate surface area is 157 Å². The highest BCUT2D eigenvalue weighted by Crippen LogP contribution is 2.36. The third-order valence-corrected chi connectivity index (χ3v) is 5.74. The highest BCUT2D eigenvalue weighted by molar-refractivity contribution is 7.22. The first kappa shape index (κ1) is 14.6. The molecule has 0 spiro atoms. The summed E-state index contributed by atoms with van der Waals surface area (Å²) in [6.07, 6.45) is 7.43. The zero-order valence-corrected chi connectivity index (χ0v) is 14.8. The second-order valence-electron chi connectivity index (χ2n) is 6.35. The molecular formula is C21H12N4OS. The van der Waals surface area contributed by atoms with Gasteiger partial charge in [0.05, 0.1) is 21.3 Å². The summed E-state index contributed by atoms with van der Waals surface area (Å²) < 4.78 is 7.04. The molecule has 0 aliphatic rings. The molecule has 6 aromatic heterocycles. The van der Waals surface area contributed by atoms with Crippen molar-refractivity contribution < 1.29 is 4.42 Å². The minimum absolute atomic E-state index is 0.780. The van der Waals surface area contributed by atoms with E-state index in [1.807, 2.05) is 42.9 Å². The molecule has 27 heavy (non-hydrogen) atoms. The molecule has 0 aromatic carbocycles. The van der Waals surface area contributed by atoms with Crippen LogP contribution in [0.4, 0.5) is 0 Å². The van der Waals surface area contributed by atoms with Gasteiger partial charge in [0.2, 0.25) is 0 Å². The van der Waals surface area contributed by atoms with Gasteiger partial charge in [-0.2, -0.15) is 0 Å². The van der Waals surface area contributed by atoms with Crippen LogP contribution in [-0.4, -0.2) is 19.9 Å². The van der Waals surface area contributed by atoms with Crippen LogP contribution in [0.15, 0.2) is 71.7 Å². The first-order valence-electron chi connectivity index (χ1n) is 8.51. The first-order chi connectivity index (χ1) is 13.3. The maximum absolute atomic E-state index is 5.92.